The Kier molecular flexibility index (Phi) is 18.5. The standard InChI is InChI=1S/C16H22.C7H12FNO.C2H6/c1-3-9-15(10-4-1)11-5-2-6-12-16-13-7-8-14-16;1-2-3-4-5-6-7(10)9-8;1-2/h1,3-4,6,9-10,12,16H,2,5,7-8,11,13-14H2;2-3H,4-6H2,1H3,(H,9,10);1-2H3/b12-6+;3-2-;. The number of hydrogen-bond donors (Lipinski definition) is 1. The van der Waals surface area contributed by atoms with Crippen molar-refractivity contribution < 1.29 is 9.28 Å². The average molecular weight is 390 g/mol. The molecular weight excluding hydrogens is 349 g/mol. The maximum atomic E-state index is 11.3. The topological polar surface area (TPSA) is 29.1 Å². The molecule has 0 aromatic heterocycles. The van der Waals surface area contributed by atoms with Crippen LogP contribution in [0.5, 0.6) is 0 Å². The molecule has 3 heteroatoms. The van der Waals surface area contributed by atoms with Crippen LogP contribution in [0.3, 0.4) is 0 Å². The number of hydrogen-bond acceptors (Lipinski definition) is 1. The van der Waals surface area contributed by atoms with Gasteiger partial charge in [-0.15, -0.1) is 4.48 Å². The van der Waals surface area contributed by atoms with Gasteiger partial charge in [0.15, 0.2) is 0 Å². The van der Waals surface area contributed by atoms with Crippen molar-refractivity contribution in [3.63, 3.8) is 0 Å². The highest BCUT2D eigenvalue weighted by Crippen LogP contribution is 2.25. The molecule has 0 aliphatic heterocycles. The molecule has 2 nitrogen and oxygen atoms in total. The van der Waals surface area contributed by atoms with Gasteiger partial charge < -0.3 is 0 Å². The molecule has 1 amide bonds. The summed E-state index contributed by atoms with van der Waals surface area (Å²) in [7, 11) is 0. The van der Waals surface area contributed by atoms with Gasteiger partial charge in [-0.25, -0.2) is 0 Å². The summed E-state index contributed by atoms with van der Waals surface area (Å²) >= 11 is 0. The molecule has 1 aliphatic carbocycles. The lowest BCUT2D eigenvalue weighted by molar-refractivity contribution is -0.125. The van der Waals surface area contributed by atoms with E-state index in [1.807, 2.05) is 32.9 Å². The zero-order chi connectivity index (χ0) is 20.9. The molecule has 0 saturated heterocycles. The third-order valence-corrected chi connectivity index (χ3v) is 4.60. The third kappa shape index (κ3) is 15.2. The van der Waals surface area contributed by atoms with E-state index in [2.05, 4.69) is 42.5 Å². The van der Waals surface area contributed by atoms with Gasteiger partial charge in [-0.3, -0.25) is 4.79 Å². The van der Waals surface area contributed by atoms with E-state index in [9.17, 15) is 9.28 Å². The lowest BCUT2D eigenvalue weighted by Gasteiger charge is -2.01. The molecule has 1 aromatic rings. The lowest BCUT2D eigenvalue weighted by Crippen LogP contribution is -2.12. The minimum atomic E-state index is -0.537. The summed E-state index contributed by atoms with van der Waals surface area (Å²) < 4.78 is 11.3. The number of halogens is 1. The fraction of sp³-hybridized carbons (Fsp3) is 0.560. The Balaban J connectivity index is 0.000000528. The monoisotopic (exact) mass is 389 g/mol. The van der Waals surface area contributed by atoms with Gasteiger partial charge in [0.25, 0.3) is 0 Å². The molecule has 0 heterocycles. The van der Waals surface area contributed by atoms with E-state index in [4.69, 9.17) is 0 Å². The normalized spacial score (nSPS) is 13.7. The van der Waals surface area contributed by atoms with Crippen LogP contribution in [-0.2, 0) is 11.2 Å². The van der Waals surface area contributed by atoms with E-state index in [-0.39, 0.29) is 6.42 Å². The maximum absolute atomic E-state index is 11.3. The van der Waals surface area contributed by atoms with Crippen molar-refractivity contribution in [1.82, 2.24) is 5.54 Å². The molecule has 1 N–H and O–H groups in total. The molecule has 0 unspecified atom stereocenters. The smallest absolute Gasteiger partial charge is 0.247 e. The van der Waals surface area contributed by atoms with Crippen molar-refractivity contribution in [3.05, 3.63) is 60.2 Å². The van der Waals surface area contributed by atoms with E-state index in [0.29, 0.717) is 6.42 Å². The molecule has 1 fully saturated rings. The summed E-state index contributed by atoms with van der Waals surface area (Å²) in [6.07, 6.45) is 20.0. The van der Waals surface area contributed by atoms with Gasteiger partial charge in [0.1, 0.15) is 0 Å². The highest BCUT2D eigenvalue weighted by atomic mass is 19.2. The minimum Gasteiger partial charge on any atom is -0.273 e. The molecular formula is C25H40FNO. The summed E-state index contributed by atoms with van der Waals surface area (Å²) in [6, 6.07) is 10.8. The summed E-state index contributed by atoms with van der Waals surface area (Å²) in [6.45, 7) is 5.91. The second kappa shape index (κ2) is 19.9. The number of amides is 1. The number of rotatable bonds is 9. The number of unbranched alkanes of at least 4 members (excludes halogenated alkanes) is 2. The molecule has 1 aliphatic rings. The van der Waals surface area contributed by atoms with E-state index < -0.39 is 5.91 Å². The Labute approximate surface area is 172 Å². The SMILES string of the molecule is C(=C\C1CCCC1)/CCCc1ccccc1.C/C=C\CCCC(=O)NF.CC. The van der Waals surface area contributed by atoms with Gasteiger partial charge in [-0.05, 0) is 63.4 Å². The van der Waals surface area contributed by atoms with E-state index in [0.717, 1.165) is 17.9 Å². The molecule has 1 aromatic carbocycles. The van der Waals surface area contributed by atoms with E-state index >= 15 is 0 Å². The Bertz CT molecular complexity index is 519. The van der Waals surface area contributed by atoms with E-state index in [1.54, 1.807) is 0 Å². The fourth-order valence-corrected chi connectivity index (χ4v) is 3.10. The minimum absolute atomic E-state index is 0.265. The molecule has 158 valence electrons. The molecule has 28 heavy (non-hydrogen) atoms. The highest BCUT2D eigenvalue weighted by Gasteiger charge is 2.10. The lowest BCUT2D eigenvalue weighted by atomic mass is 10.1. The van der Waals surface area contributed by atoms with Gasteiger partial charge in [0.05, 0.1) is 0 Å². The Morgan fingerprint density at radius 1 is 1.07 bits per heavy atom. The van der Waals surface area contributed by atoms with Crippen LogP contribution >= 0.6 is 0 Å². The number of carbonyl (C=O) groups is 1. The van der Waals surface area contributed by atoms with Crippen molar-refractivity contribution in [2.75, 3.05) is 0 Å². The molecule has 0 radical (unpaired) electrons. The fourth-order valence-electron chi connectivity index (χ4n) is 3.10. The van der Waals surface area contributed by atoms with Crippen molar-refractivity contribution >= 4 is 5.91 Å². The zero-order valence-electron chi connectivity index (χ0n) is 18.1. The zero-order valence-corrected chi connectivity index (χ0v) is 18.1. The van der Waals surface area contributed by atoms with Gasteiger partial charge in [-0.2, -0.15) is 5.54 Å². The van der Waals surface area contributed by atoms with Crippen LogP contribution in [0, 0.1) is 5.92 Å². The first kappa shape index (κ1) is 26.1. The van der Waals surface area contributed by atoms with Gasteiger partial charge >= 0.3 is 0 Å². The number of aryl methyl sites for hydroxylation is 1. The number of carbonyl (C=O) groups excluding carboxylic acids is 1. The Morgan fingerprint density at radius 3 is 2.32 bits per heavy atom. The van der Waals surface area contributed by atoms with E-state index in [1.165, 1.54) is 50.5 Å². The summed E-state index contributed by atoms with van der Waals surface area (Å²) in [4.78, 5) is 10.3. The van der Waals surface area contributed by atoms with Crippen LogP contribution in [0.15, 0.2) is 54.6 Å². The first-order valence-electron chi connectivity index (χ1n) is 11.0. The second-order valence-corrected chi connectivity index (χ2v) is 6.83. The highest BCUT2D eigenvalue weighted by molar-refractivity contribution is 5.74. The van der Waals surface area contributed by atoms with Crippen molar-refractivity contribution in [2.45, 2.75) is 85.0 Å². The van der Waals surface area contributed by atoms with Crippen LogP contribution < -0.4 is 5.54 Å². The molecule has 0 bridgehead atoms. The van der Waals surface area contributed by atoms with Crippen LogP contribution in [-0.4, -0.2) is 5.91 Å². The van der Waals surface area contributed by atoms with Crippen molar-refractivity contribution in [3.8, 4) is 0 Å². The Hall–Kier alpha value is -1.90. The van der Waals surface area contributed by atoms with Gasteiger partial charge in [-0.1, -0.05) is 81.3 Å². The van der Waals surface area contributed by atoms with Crippen molar-refractivity contribution in [1.29, 1.82) is 0 Å². The third-order valence-electron chi connectivity index (χ3n) is 4.60. The molecule has 2 rings (SSSR count). The number of nitrogens with one attached hydrogen (secondary N) is 1. The van der Waals surface area contributed by atoms with Gasteiger partial charge in [0.2, 0.25) is 5.91 Å². The molecule has 0 spiro atoms. The maximum Gasteiger partial charge on any atom is 0.247 e. The second-order valence-electron chi connectivity index (χ2n) is 6.83. The predicted molar refractivity (Wildman–Crippen MR) is 120 cm³/mol. The van der Waals surface area contributed by atoms with Crippen molar-refractivity contribution in [2.24, 2.45) is 5.92 Å². The van der Waals surface area contributed by atoms with Crippen LogP contribution in [0.25, 0.3) is 0 Å². The first-order valence-corrected chi connectivity index (χ1v) is 11.0. The molecule has 1 saturated carbocycles. The summed E-state index contributed by atoms with van der Waals surface area (Å²) in [5.74, 6) is 0.362. The van der Waals surface area contributed by atoms with Crippen LogP contribution in [0.4, 0.5) is 4.48 Å². The van der Waals surface area contributed by atoms with Crippen LogP contribution in [0.2, 0.25) is 0 Å². The number of benzene rings is 1. The summed E-state index contributed by atoms with van der Waals surface area (Å²) in [5.41, 5.74) is 2.55. The quantitative estimate of drug-likeness (QED) is 0.264. The summed E-state index contributed by atoms with van der Waals surface area (Å²) in [5, 5.41) is 0. The predicted octanol–water partition coefficient (Wildman–Crippen LogP) is 7.52. The van der Waals surface area contributed by atoms with Crippen LogP contribution in [0.1, 0.15) is 84.1 Å². The number of allylic oxidation sites excluding steroid dienone is 4. The molecule has 0 atom stereocenters. The van der Waals surface area contributed by atoms with Gasteiger partial charge in [0, 0.05) is 6.42 Å². The average Bonchev–Trinajstić information content (AvgIpc) is 3.27. The largest absolute Gasteiger partial charge is 0.273 e. The first-order chi connectivity index (χ1) is 13.8. The Morgan fingerprint density at radius 2 is 1.71 bits per heavy atom.